The number of hydrogen-bond donors (Lipinski definition) is 1. The predicted octanol–water partition coefficient (Wildman–Crippen LogP) is 1.86. The first-order valence-electron chi connectivity index (χ1n) is 6.53. The molecular formula is C14H21NO4Si. The number of aliphatic carboxylic acids is 1. The zero-order valence-corrected chi connectivity index (χ0v) is 13.6. The molecule has 1 aromatic rings. The summed E-state index contributed by atoms with van der Waals surface area (Å²) in [5.74, 6) is -0.722. The van der Waals surface area contributed by atoms with Gasteiger partial charge in [0.15, 0.2) is 5.78 Å². The van der Waals surface area contributed by atoms with Gasteiger partial charge in [-0.1, -0.05) is 26.6 Å². The fourth-order valence-corrected chi connectivity index (χ4v) is 3.71. The van der Waals surface area contributed by atoms with E-state index in [0.717, 1.165) is 5.32 Å². The third kappa shape index (κ3) is 3.44. The summed E-state index contributed by atoms with van der Waals surface area (Å²) in [5.41, 5.74) is 0.896. The molecule has 0 amide bonds. The van der Waals surface area contributed by atoms with Crippen molar-refractivity contribution in [2.45, 2.75) is 39.4 Å². The van der Waals surface area contributed by atoms with E-state index in [9.17, 15) is 9.59 Å². The second-order valence-corrected chi connectivity index (χ2v) is 10.6. The van der Waals surface area contributed by atoms with Crippen molar-refractivity contribution in [3.63, 3.8) is 0 Å². The smallest absolute Gasteiger partial charge is 0.307 e. The van der Waals surface area contributed by atoms with Crippen LogP contribution in [0, 0.1) is 0 Å². The van der Waals surface area contributed by atoms with Gasteiger partial charge in [0.25, 0.3) is 0 Å². The van der Waals surface area contributed by atoms with Gasteiger partial charge >= 0.3 is 5.97 Å². The number of methoxy groups -OCH3 is 1. The van der Waals surface area contributed by atoms with Crippen molar-refractivity contribution in [1.29, 1.82) is 0 Å². The second-order valence-electron chi connectivity index (χ2n) is 5.63. The van der Waals surface area contributed by atoms with E-state index in [1.165, 1.54) is 13.3 Å². The molecule has 0 aliphatic carbocycles. The highest BCUT2D eigenvalue weighted by Crippen LogP contribution is 2.24. The number of ether oxygens (including phenoxy) is 1. The normalized spacial score (nSPS) is 11.2. The molecule has 1 heterocycles. The molecule has 1 aromatic heterocycles. The van der Waals surface area contributed by atoms with Crippen LogP contribution >= 0.6 is 0 Å². The number of rotatable bonds is 6. The van der Waals surface area contributed by atoms with Crippen LogP contribution in [0.5, 0.6) is 5.75 Å². The van der Waals surface area contributed by atoms with Gasteiger partial charge in [0.05, 0.1) is 25.3 Å². The molecule has 0 saturated carbocycles. The Labute approximate surface area is 120 Å². The Kier molecular flexibility index (Phi) is 5.05. The Morgan fingerprint density at radius 3 is 2.35 bits per heavy atom. The van der Waals surface area contributed by atoms with Crippen molar-refractivity contribution in [3.05, 3.63) is 17.3 Å². The second kappa shape index (κ2) is 6.17. The number of pyridine rings is 1. The number of Topliss-reactive ketones (excluding diaryl/α,β-unsaturated/α-hetero) is 1. The van der Waals surface area contributed by atoms with Crippen molar-refractivity contribution >= 4 is 25.1 Å². The summed E-state index contributed by atoms with van der Waals surface area (Å²) in [6, 6.07) is 0. The third-order valence-electron chi connectivity index (χ3n) is 3.00. The van der Waals surface area contributed by atoms with Crippen molar-refractivity contribution < 1.29 is 19.4 Å². The number of carboxylic acids is 1. The van der Waals surface area contributed by atoms with Gasteiger partial charge in [0, 0.05) is 11.7 Å². The minimum atomic E-state index is -1.85. The van der Waals surface area contributed by atoms with Gasteiger partial charge in [0.2, 0.25) is 0 Å². The summed E-state index contributed by atoms with van der Waals surface area (Å²) in [7, 11) is -0.392. The first-order valence-corrected chi connectivity index (χ1v) is 10.0. The molecule has 0 unspecified atom stereocenters. The molecule has 0 aromatic carbocycles. The molecule has 0 spiro atoms. The maximum absolute atomic E-state index is 12.2. The van der Waals surface area contributed by atoms with Crippen molar-refractivity contribution in [3.8, 4) is 5.75 Å². The number of aromatic nitrogens is 1. The molecule has 0 radical (unpaired) electrons. The molecule has 110 valence electrons. The molecule has 0 atom stereocenters. The SMILES string of the molecule is CCC(=O)c1c(OC)cnc([Si](C)(C)C)c1CC(=O)O. The van der Waals surface area contributed by atoms with E-state index in [1.54, 1.807) is 6.92 Å². The van der Waals surface area contributed by atoms with E-state index in [-0.39, 0.29) is 12.2 Å². The van der Waals surface area contributed by atoms with E-state index >= 15 is 0 Å². The van der Waals surface area contributed by atoms with Gasteiger partial charge in [0.1, 0.15) is 13.8 Å². The first kappa shape index (κ1) is 16.4. The predicted molar refractivity (Wildman–Crippen MR) is 79.7 cm³/mol. The number of nitrogens with zero attached hydrogens (tertiary/aromatic N) is 1. The molecule has 0 fully saturated rings. The lowest BCUT2D eigenvalue weighted by atomic mass is 10.0. The van der Waals surface area contributed by atoms with E-state index in [4.69, 9.17) is 9.84 Å². The zero-order valence-electron chi connectivity index (χ0n) is 12.6. The lowest BCUT2D eigenvalue weighted by molar-refractivity contribution is -0.136. The Morgan fingerprint density at radius 2 is 1.95 bits per heavy atom. The first-order chi connectivity index (χ1) is 9.22. The van der Waals surface area contributed by atoms with Gasteiger partial charge in [-0.15, -0.1) is 0 Å². The fourth-order valence-electron chi connectivity index (χ4n) is 2.14. The summed E-state index contributed by atoms with van der Waals surface area (Å²) in [6.07, 6.45) is 1.63. The van der Waals surface area contributed by atoms with Crippen molar-refractivity contribution in [2.75, 3.05) is 7.11 Å². The van der Waals surface area contributed by atoms with E-state index in [1.807, 2.05) is 0 Å². The van der Waals surface area contributed by atoms with Crippen LogP contribution in [0.3, 0.4) is 0 Å². The number of ketones is 1. The Hall–Kier alpha value is -1.69. The molecule has 5 nitrogen and oxygen atoms in total. The zero-order chi connectivity index (χ0) is 15.5. The maximum atomic E-state index is 12.2. The quantitative estimate of drug-likeness (QED) is 0.640. The van der Waals surface area contributed by atoms with Gasteiger partial charge < -0.3 is 9.84 Å². The number of carbonyl (C=O) groups is 2. The Balaban J connectivity index is 3.65. The third-order valence-corrected chi connectivity index (χ3v) is 4.85. The Bertz CT molecular complexity index is 535. The molecule has 1 N–H and O–H groups in total. The van der Waals surface area contributed by atoms with Crippen LogP contribution in [0.25, 0.3) is 0 Å². The monoisotopic (exact) mass is 295 g/mol. The highest BCUT2D eigenvalue weighted by Gasteiger charge is 2.29. The summed E-state index contributed by atoms with van der Waals surface area (Å²) < 4.78 is 5.20. The fraction of sp³-hybridized carbons (Fsp3) is 0.500. The summed E-state index contributed by atoms with van der Waals surface area (Å²) in [4.78, 5) is 27.7. The summed E-state index contributed by atoms with van der Waals surface area (Å²) in [5, 5.41) is 9.90. The summed E-state index contributed by atoms with van der Waals surface area (Å²) in [6.45, 7) is 7.98. The number of hydrogen-bond acceptors (Lipinski definition) is 4. The molecule has 0 aliphatic heterocycles. The molecular weight excluding hydrogens is 274 g/mol. The topological polar surface area (TPSA) is 76.5 Å². The standard InChI is InChI=1S/C14H21NO4Si/c1-6-10(16)13-9(7-12(17)18)14(20(3,4)5)15-8-11(13)19-2/h8H,6-7H2,1-5H3,(H,17,18). The van der Waals surface area contributed by atoms with Crippen LogP contribution < -0.4 is 10.1 Å². The van der Waals surface area contributed by atoms with Crippen LogP contribution in [0.2, 0.25) is 19.6 Å². The van der Waals surface area contributed by atoms with Gasteiger partial charge in [-0.2, -0.15) is 0 Å². The number of carboxylic acid groups (broad SMARTS) is 1. The average Bonchev–Trinajstić information content (AvgIpc) is 2.35. The van der Waals surface area contributed by atoms with E-state index < -0.39 is 14.0 Å². The lowest BCUT2D eigenvalue weighted by Crippen LogP contribution is -2.44. The van der Waals surface area contributed by atoms with Crippen LogP contribution in [-0.2, 0) is 11.2 Å². The highest BCUT2D eigenvalue weighted by atomic mass is 28.3. The van der Waals surface area contributed by atoms with E-state index in [2.05, 4.69) is 24.6 Å². The molecule has 0 aliphatic rings. The minimum Gasteiger partial charge on any atom is -0.494 e. The molecule has 20 heavy (non-hydrogen) atoms. The van der Waals surface area contributed by atoms with Crippen LogP contribution in [-0.4, -0.2) is 37.0 Å². The molecule has 1 rings (SSSR count). The van der Waals surface area contributed by atoms with Crippen LogP contribution in [0.15, 0.2) is 6.20 Å². The Morgan fingerprint density at radius 1 is 1.35 bits per heavy atom. The highest BCUT2D eigenvalue weighted by molar-refractivity contribution is 6.88. The van der Waals surface area contributed by atoms with Crippen LogP contribution in [0.1, 0.15) is 29.3 Å². The number of carbonyl (C=O) groups excluding carboxylic acids is 1. The minimum absolute atomic E-state index is 0.111. The van der Waals surface area contributed by atoms with Crippen molar-refractivity contribution in [2.24, 2.45) is 0 Å². The van der Waals surface area contributed by atoms with Gasteiger partial charge in [-0.3, -0.25) is 14.6 Å². The lowest BCUT2D eigenvalue weighted by Gasteiger charge is -2.22. The maximum Gasteiger partial charge on any atom is 0.307 e. The molecule has 0 bridgehead atoms. The molecule has 6 heteroatoms. The largest absolute Gasteiger partial charge is 0.494 e. The molecule has 0 saturated heterocycles. The van der Waals surface area contributed by atoms with Gasteiger partial charge in [-0.05, 0) is 5.56 Å². The van der Waals surface area contributed by atoms with Gasteiger partial charge in [-0.25, -0.2) is 0 Å². The average molecular weight is 295 g/mol. The summed E-state index contributed by atoms with van der Waals surface area (Å²) >= 11 is 0. The van der Waals surface area contributed by atoms with Crippen molar-refractivity contribution in [1.82, 2.24) is 4.98 Å². The van der Waals surface area contributed by atoms with Crippen LogP contribution in [0.4, 0.5) is 0 Å². The van der Waals surface area contributed by atoms with E-state index in [0.29, 0.717) is 23.3 Å².